The van der Waals surface area contributed by atoms with E-state index >= 15 is 0 Å². The molecule has 0 aromatic heterocycles. The molecule has 2 aromatic rings. The van der Waals surface area contributed by atoms with Crippen LogP contribution in [0.1, 0.15) is 55.5 Å². The monoisotopic (exact) mass is 353 g/mol. The lowest BCUT2D eigenvalue weighted by Crippen LogP contribution is -2.36. The van der Waals surface area contributed by atoms with Gasteiger partial charge in [-0.25, -0.2) is 4.79 Å². The van der Waals surface area contributed by atoms with Crippen LogP contribution in [0.2, 0.25) is 0 Å². The minimum atomic E-state index is -0.434. The third kappa shape index (κ3) is 4.25. The summed E-state index contributed by atoms with van der Waals surface area (Å²) in [5.41, 5.74) is 4.83. The summed E-state index contributed by atoms with van der Waals surface area (Å²) in [4.78, 5) is 21.4. The molecular formula is C22H27NO3. The summed E-state index contributed by atoms with van der Waals surface area (Å²) >= 11 is 0. The van der Waals surface area contributed by atoms with E-state index in [0.717, 1.165) is 37.0 Å². The Morgan fingerprint density at radius 1 is 1.23 bits per heavy atom. The average molecular weight is 353 g/mol. The number of hydrogen-bond donors (Lipinski definition) is 1. The molecule has 0 spiro atoms. The van der Waals surface area contributed by atoms with Crippen LogP contribution in [-0.2, 0) is 28.9 Å². The molecule has 4 nitrogen and oxygen atoms in total. The van der Waals surface area contributed by atoms with Gasteiger partial charge in [-0.15, -0.1) is 0 Å². The molecule has 26 heavy (non-hydrogen) atoms. The van der Waals surface area contributed by atoms with Gasteiger partial charge in [-0.05, 0) is 49.3 Å². The van der Waals surface area contributed by atoms with E-state index in [9.17, 15) is 4.79 Å². The number of rotatable bonds is 6. The van der Waals surface area contributed by atoms with Crippen LogP contribution in [0.15, 0.2) is 42.5 Å². The Balaban J connectivity index is 1.74. The van der Waals surface area contributed by atoms with Crippen LogP contribution >= 0.6 is 0 Å². The van der Waals surface area contributed by atoms with Gasteiger partial charge < -0.3 is 5.32 Å². The third-order valence-corrected chi connectivity index (χ3v) is 5.06. The number of fused-ring (bicyclic) bond motifs is 1. The Morgan fingerprint density at radius 3 is 2.69 bits per heavy atom. The lowest BCUT2D eigenvalue weighted by molar-refractivity contribution is -0.211. The highest BCUT2D eigenvalue weighted by molar-refractivity contribution is 5.65. The summed E-state index contributed by atoms with van der Waals surface area (Å²) < 4.78 is 0. The topological polar surface area (TPSA) is 47.6 Å². The Bertz CT molecular complexity index is 757. The molecule has 0 saturated carbocycles. The maximum Gasteiger partial charge on any atom is 0.352 e. The molecule has 3 rings (SSSR count). The van der Waals surface area contributed by atoms with Crippen LogP contribution in [-0.4, -0.2) is 12.0 Å². The molecule has 1 unspecified atom stereocenters. The molecule has 0 heterocycles. The maximum atomic E-state index is 11.1. The molecule has 138 valence electrons. The predicted octanol–water partition coefficient (Wildman–Crippen LogP) is 4.31. The molecule has 0 radical (unpaired) electrons. The van der Waals surface area contributed by atoms with Crippen molar-refractivity contribution in [1.82, 2.24) is 5.32 Å². The second kappa shape index (κ2) is 8.37. The Labute approximate surface area is 155 Å². The van der Waals surface area contributed by atoms with Crippen LogP contribution in [0.4, 0.5) is 0 Å². The fourth-order valence-electron chi connectivity index (χ4n) is 3.68. The van der Waals surface area contributed by atoms with Crippen molar-refractivity contribution in [2.24, 2.45) is 0 Å². The highest BCUT2D eigenvalue weighted by Gasteiger charge is 2.25. The number of carbonyl (C=O) groups is 1. The lowest BCUT2D eigenvalue weighted by atomic mass is 9.85. The van der Waals surface area contributed by atoms with Crippen molar-refractivity contribution in [1.29, 1.82) is 0 Å². The predicted molar refractivity (Wildman–Crippen MR) is 102 cm³/mol. The summed E-state index contributed by atoms with van der Waals surface area (Å²) in [5.74, 6) is 0.298. The number of carbonyl (C=O) groups excluding carboxylic acids is 1. The minimum absolute atomic E-state index is 0.314. The summed E-state index contributed by atoms with van der Waals surface area (Å²) in [7, 11) is 0. The molecule has 1 aliphatic carbocycles. The standard InChI is InChI=1S/C22H27NO3/c1-4-17-10-11-19-14-20(23-15(2)18-8-6-5-7-9-18)12-13-21(19)22(17)26-25-16(3)24/h5-11,15,20,23H,4,12-14H2,1-3H3/t15-,20?/m0/s1. The van der Waals surface area contributed by atoms with Crippen molar-refractivity contribution in [3.63, 3.8) is 0 Å². The maximum absolute atomic E-state index is 11.1. The van der Waals surface area contributed by atoms with Crippen LogP contribution < -0.4 is 10.2 Å². The average Bonchev–Trinajstić information content (AvgIpc) is 2.66. The molecule has 0 saturated heterocycles. The van der Waals surface area contributed by atoms with Gasteiger partial charge in [0, 0.05) is 24.6 Å². The zero-order valence-electron chi connectivity index (χ0n) is 15.7. The van der Waals surface area contributed by atoms with E-state index in [0.29, 0.717) is 12.1 Å². The fourth-order valence-corrected chi connectivity index (χ4v) is 3.68. The number of aryl methyl sites for hydroxylation is 1. The van der Waals surface area contributed by atoms with Gasteiger partial charge in [-0.3, -0.25) is 9.78 Å². The highest BCUT2D eigenvalue weighted by atomic mass is 17.2. The SMILES string of the molecule is CCc1ccc2c(c1OOC(C)=O)CCC(N[C@@H](C)c1ccccc1)C2. The van der Waals surface area contributed by atoms with Crippen molar-refractivity contribution in [2.45, 2.75) is 58.5 Å². The second-order valence-electron chi connectivity index (χ2n) is 6.94. The molecule has 1 aliphatic rings. The summed E-state index contributed by atoms with van der Waals surface area (Å²) in [6.45, 7) is 5.64. The molecule has 4 heteroatoms. The van der Waals surface area contributed by atoms with Gasteiger partial charge in [0.15, 0.2) is 5.75 Å². The van der Waals surface area contributed by atoms with E-state index < -0.39 is 5.97 Å². The Hall–Kier alpha value is -2.33. The Morgan fingerprint density at radius 2 is 2.00 bits per heavy atom. The molecule has 0 fully saturated rings. The second-order valence-corrected chi connectivity index (χ2v) is 6.94. The molecule has 2 aromatic carbocycles. The van der Waals surface area contributed by atoms with E-state index in [1.54, 1.807) is 0 Å². The van der Waals surface area contributed by atoms with Crippen molar-refractivity contribution in [3.8, 4) is 5.75 Å². The Kier molecular flexibility index (Phi) is 5.94. The molecule has 0 aliphatic heterocycles. The number of benzene rings is 2. The van der Waals surface area contributed by atoms with Gasteiger partial charge >= 0.3 is 5.97 Å². The first-order chi connectivity index (χ1) is 12.6. The summed E-state index contributed by atoms with van der Waals surface area (Å²) in [5, 5.41) is 3.75. The van der Waals surface area contributed by atoms with Crippen molar-refractivity contribution in [3.05, 3.63) is 64.7 Å². The van der Waals surface area contributed by atoms with Gasteiger partial charge in [0.25, 0.3) is 0 Å². The van der Waals surface area contributed by atoms with E-state index in [1.165, 1.54) is 23.6 Å². The zero-order chi connectivity index (χ0) is 18.5. The summed E-state index contributed by atoms with van der Waals surface area (Å²) in [6.07, 6.45) is 3.75. The van der Waals surface area contributed by atoms with Crippen LogP contribution in [0.3, 0.4) is 0 Å². The van der Waals surface area contributed by atoms with Gasteiger partial charge in [0.05, 0.1) is 0 Å². The molecule has 0 bridgehead atoms. The van der Waals surface area contributed by atoms with Gasteiger partial charge in [0.1, 0.15) is 0 Å². The largest absolute Gasteiger partial charge is 0.352 e. The van der Waals surface area contributed by atoms with Crippen molar-refractivity contribution < 1.29 is 14.6 Å². The zero-order valence-corrected chi connectivity index (χ0v) is 15.7. The van der Waals surface area contributed by atoms with Crippen molar-refractivity contribution >= 4 is 5.97 Å². The van der Waals surface area contributed by atoms with Gasteiger partial charge in [-0.2, -0.15) is 0 Å². The van der Waals surface area contributed by atoms with E-state index in [-0.39, 0.29) is 0 Å². The molecule has 0 amide bonds. The summed E-state index contributed by atoms with van der Waals surface area (Å²) in [6, 6.07) is 15.5. The third-order valence-electron chi connectivity index (χ3n) is 5.06. The normalized spacial score (nSPS) is 17.3. The smallest absolute Gasteiger partial charge is 0.307 e. The van der Waals surface area contributed by atoms with E-state index in [2.05, 4.69) is 55.6 Å². The van der Waals surface area contributed by atoms with Crippen LogP contribution in [0.5, 0.6) is 5.75 Å². The number of hydrogen-bond acceptors (Lipinski definition) is 4. The first-order valence-electron chi connectivity index (χ1n) is 9.38. The highest BCUT2D eigenvalue weighted by Crippen LogP contribution is 2.34. The van der Waals surface area contributed by atoms with E-state index in [4.69, 9.17) is 9.78 Å². The lowest BCUT2D eigenvalue weighted by Gasteiger charge is -2.30. The minimum Gasteiger partial charge on any atom is -0.307 e. The molecular weight excluding hydrogens is 326 g/mol. The first-order valence-corrected chi connectivity index (χ1v) is 9.38. The number of nitrogens with one attached hydrogen (secondary N) is 1. The first kappa shape index (κ1) is 18.5. The van der Waals surface area contributed by atoms with Gasteiger partial charge in [0.2, 0.25) is 0 Å². The van der Waals surface area contributed by atoms with Crippen LogP contribution in [0, 0.1) is 0 Å². The van der Waals surface area contributed by atoms with Crippen molar-refractivity contribution in [2.75, 3.05) is 0 Å². The molecule has 1 N–H and O–H groups in total. The fraction of sp³-hybridized carbons (Fsp3) is 0.409. The van der Waals surface area contributed by atoms with Crippen LogP contribution in [0.25, 0.3) is 0 Å². The van der Waals surface area contributed by atoms with Gasteiger partial charge in [-0.1, -0.05) is 49.4 Å². The quantitative estimate of drug-likeness (QED) is 0.621. The van der Waals surface area contributed by atoms with E-state index in [1.807, 2.05) is 6.07 Å². The molecule has 2 atom stereocenters.